The zero-order valence-corrected chi connectivity index (χ0v) is 12.0. The van der Waals surface area contributed by atoms with Crippen LogP contribution in [-0.2, 0) is 4.79 Å². The standard InChI is InChI=1S/C14H18N2O5/c1-3-21-12-8-10(6-7-11(12)16(19)20)15-14(2,13(17)18)9-4-5-9/h6-9,15H,3-5H2,1-2H3,(H,17,18). The van der Waals surface area contributed by atoms with Gasteiger partial charge in [-0.15, -0.1) is 0 Å². The molecular weight excluding hydrogens is 276 g/mol. The normalized spacial score (nSPS) is 16.9. The van der Waals surface area contributed by atoms with Crippen LogP contribution in [0.25, 0.3) is 0 Å². The molecule has 2 rings (SSSR count). The average Bonchev–Trinajstić information content (AvgIpc) is 3.23. The molecule has 0 bridgehead atoms. The molecule has 0 spiro atoms. The maximum atomic E-state index is 11.5. The number of ether oxygens (including phenoxy) is 1. The molecule has 1 aliphatic rings. The average molecular weight is 294 g/mol. The quantitative estimate of drug-likeness (QED) is 0.592. The van der Waals surface area contributed by atoms with Gasteiger partial charge in [-0.05, 0) is 38.7 Å². The zero-order chi connectivity index (χ0) is 15.6. The zero-order valence-electron chi connectivity index (χ0n) is 12.0. The smallest absolute Gasteiger partial charge is 0.329 e. The highest BCUT2D eigenvalue weighted by Crippen LogP contribution is 2.42. The van der Waals surface area contributed by atoms with Crippen LogP contribution in [-0.4, -0.2) is 28.1 Å². The van der Waals surface area contributed by atoms with Crippen LogP contribution in [0.15, 0.2) is 18.2 Å². The molecule has 1 unspecified atom stereocenters. The van der Waals surface area contributed by atoms with Gasteiger partial charge in [0.15, 0.2) is 5.75 Å². The molecular formula is C14H18N2O5. The Hall–Kier alpha value is -2.31. The third-order valence-corrected chi connectivity index (χ3v) is 3.70. The third-order valence-electron chi connectivity index (χ3n) is 3.70. The van der Waals surface area contributed by atoms with Crippen LogP contribution in [0.1, 0.15) is 26.7 Å². The van der Waals surface area contributed by atoms with Gasteiger partial charge in [0.2, 0.25) is 0 Å². The molecule has 0 heterocycles. The van der Waals surface area contributed by atoms with Crippen molar-refractivity contribution in [2.75, 3.05) is 11.9 Å². The fourth-order valence-electron chi connectivity index (χ4n) is 2.30. The van der Waals surface area contributed by atoms with Crippen LogP contribution < -0.4 is 10.1 Å². The highest BCUT2D eigenvalue weighted by Gasteiger charge is 2.47. The molecule has 7 heteroatoms. The molecule has 0 radical (unpaired) electrons. The Labute approximate surface area is 122 Å². The SMILES string of the molecule is CCOc1cc(NC(C)(C(=O)O)C2CC2)ccc1[N+](=O)[O-]. The molecule has 0 amide bonds. The van der Waals surface area contributed by atoms with Crippen molar-refractivity contribution >= 4 is 17.3 Å². The second-order valence-electron chi connectivity index (χ2n) is 5.28. The summed E-state index contributed by atoms with van der Waals surface area (Å²) >= 11 is 0. The molecule has 114 valence electrons. The Kier molecular flexibility index (Phi) is 4.02. The molecule has 0 aliphatic heterocycles. The molecule has 1 aliphatic carbocycles. The number of nitrogens with one attached hydrogen (secondary N) is 1. The Balaban J connectivity index is 2.29. The molecule has 7 nitrogen and oxygen atoms in total. The van der Waals surface area contributed by atoms with Gasteiger partial charge in [0.25, 0.3) is 0 Å². The number of carbonyl (C=O) groups is 1. The summed E-state index contributed by atoms with van der Waals surface area (Å²) in [6.45, 7) is 3.66. The van der Waals surface area contributed by atoms with E-state index in [-0.39, 0.29) is 17.4 Å². The molecule has 0 saturated heterocycles. The van der Waals surface area contributed by atoms with Gasteiger partial charge < -0.3 is 15.2 Å². The van der Waals surface area contributed by atoms with Crippen LogP contribution in [0.2, 0.25) is 0 Å². The van der Waals surface area contributed by atoms with Gasteiger partial charge in [-0.1, -0.05) is 0 Å². The summed E-state index contributed by atoms with van der Waals surface area (Å²) in [4.78, 5) is 21.9. The summed E-state index contributed by atoms with van der Waals surface area (Å²) in [5, 5.41) is 23.3. The molecule has 2 N–H and O–H groups in total. The predicted molar refractivity (Wildman–Crippen MR) is 76.7 cm³/mol. The van der Waals surface area contributed by atoms with Crippen LogP contribution in [0.5, 0.6) is 5.75 Å². The van der Waals surface area contributed by atoms with Gasteiger partial charge in [-0.3, -0.25) is 10.1 Å². The van der Waals surface area contributed by atoms with Gasteiger partial charge in [0.1, 0.15) is 5.54 Å². The number of hydrogen-bond donors (Lipinski definition) is 2. The maximum Gasteiger partial charge on any atom is 0.329 e. The first-order valence-electron chi connectivity index (χ1n) is 6.81. The van der Waals surface area contributed by atoms with Gasteiger partial charge in [-0.2, -0.15) is 0 Å². The van der Waals surface area contributed by atoms with Crippen molar-refractivity contribution < 1.29 is 19.6 Å². The lowest BCUT2D eigenvalue weighted by Gasteiger charge is -2.27. The summed E-state index contributed by atoms with van der Waals surface area (Å²) in [5.41, 5.74) is -0.703. The van der Waals surface area contributed by atoms with E-state index in [0.717, 1.165) is 12.8 Å². The number of rotatable bonds is 7. The second kappa shape index (κ2) is 5.59. The summed E-state index contributed by atoms with van der Waals surface area (Å²) in [5.74, 6) is -0.724. The monoisotopic (exact) mass is 294 g/mol. The minimum absolute atomic E-state index is 0.0701. The van der Waals surface area contributed by atoms with Crippen LogP contribution in [0.3, 0.4) is 0 Å². The largest absolute Gasteiger partial charge is 0.487 e. The highest BCUT2D eigenvalue weighted by molar-refractivity contribution is 5.83. The fourth-order valence-corrected chi connectivity index (χ4v) is 2.30. The second-order valence-corrected chi connectivity index (χ2v) is 5.28. The van der Waals surface area contributed by atoms with E-state index in [1.165, 1.54) is 18.2 Å². The molecule has 1 saturated carbocycles. The third kappa shape index (κ3) is 3.07. The minimum Gasteiger partial charge on any atom is -0.487 e. The summed E-state index contributed by atoms with van der Waals surface area (Å²) in [7, 11) is 0. The highest BCUT2D eigenvalue weighted by atomic mass is 16.6. The van der Waals surface area contributed by atoms with Gasteiger partial charge >= 0.3 is 11.7 Å². The number of aliphatic carboxylic acids is 1. The van der Waals surface area contributed by atoms with Gasteiger partial charge in [-0.25, -0.2) is 4.79 Å². The van der Waals surface area contributed by atoms with Crippen LogP contribution in [0, 0.1) is 16.0 Å². The number of nitrogens with zero attached hydrogens (tertiary/aromatic N) is 1. The van der Waals surface area contributed by atoms with Crippen LogP contribution in [0.4, 0.5) is 11.4 Å². The van der Waals surface area contributed by atoms with E-state index in [1.54, 1.807) is 13.8 Å². The van der Waals surface area contributed by atoms with Gasteiger partial charge in [0, 0.05) is 17.8 Å². The summed E-state index contributed by atoms with van der Waals surface area (Å²) in [6, 6.07) is 4.30. The number of carboxylic acid groups (broad SMARTS) is 1. The number of benzene rings is 1. The van der Waals surface area contributed by atoms with Gasteiger partial charge in [0.05, 0.1) is 11.5 Å². The number of carboxylic acids is 1. The van der Waals surface area contributed by atoms with Crippen molar-refractivity contribution in [1.82, 2.24) is 0 Å². The van der Waals surface area contributed by atoms with E-state index in [4.69, 9.17) is 4.74 Å². The molecule has 1 fully saturated rings. The van der Waals surface area contributed by atoms with Crippen molar-refractivity contribution in [3.63, 3.8) is 0 Å². The molecule has 1 aromatic rings. The van der Waals surface area contributed by atoms with Crippen molar-refractivity contribution in [3.8, 4) is 5.75 Å². The molecule has 1 aromatic carbocycles. The lowest BCUT2D eigenvalue weighted by molar-refractivity contribution is -0.385. The van der Waals surface area contributed by atoms with Crippen molar-refractivity contribution in [2.24, 2.45) is 5.92 Å². The van der Waals surface area contributed by atoms with E-state index in [1.807, 2.05) is 0 Å². The maximum absolute atomic E-state index is 11.5. The summed E-state index contributed by atoms with van der Waals surface area (Å²) < 4.78 is 5.26. The topological polar surface area (TPSA) is 102 Å². The van der Waals surface area contributed by atoms with E-state index < -0.39 is 16.4 Å². The molecule has 0 aromatic heterocycles. The number of anilines is 1. The number of nitro groups is 1. The van der Waals surface area contributed by atoms with Crippen LogP contribution >= 0.6 is 0 Å². The number of nitro benzene ring substituents is 1. The van der Waals surface area contributed by atoms with Crippen molar-refractivity contribution in [2.45, 2.75) is 32.2 Å². The summed E-state index contributed by atoms with van der Waals surface area (Å²) in [6.07, 6.45) is 1.72. The lowest BCUT2D eigenvalue weighted by atomic mass is 9.95. The Morgan fingerprint density at radius 3 is 2.71 bits per heavy atom. The van der Waals surface area contributed by atoms with E-state index >= 15 is 0 Å². The fraction of sp³-hybridized carbons (Fsp3) is 0.500. The Bertz CT molecular complexity index is 570. The molecule has 21 heavy (non-hydrogen) atoms. The number of hydrogen-bond acceptors (Lipinski definition) is 5. The van der Waals surface area contributed by atoms with E-state index in [2.05, 4.69) is 5.32 Å². The first-order chi connectivity index (χ1) is 9.88. The van der Waals surface area contributed by atoms with E-state index in [0.29, 0.717) is 12.3 Å². The first kappa shape index (κ1) is 15.1. The predicted octanol–water partition coefficient (Wildman–Crippen LogP) is 2.66. The Morgan fingerprint density at radius 2 is 2.24 bits per heavy atom. The first-order valence-corrected chi connectivity index (χ1v) is 6.81. The Morgan fingerprint density at radius 1 is 1.57 bits per heavy atom. The molecule has 1 atom stereocenters. The lowest BCUT2D eigenvalue weighted by Crippen LogP contribution is -2.45. The van der Waals surface area contributed by atoms with Crippen molar-refractivity contribution in [3.05, 3.63) is 28.3 Å². The van der Waals surface area contributed by atoms with Crippen molar-refractivity contribution in [1.29, 1.82) is 0 Å². The van der Waals surface area contributed by atoms with E-state index in [9.17, 15) is 20.0 Å². The minimum atomic E-state index is -1.07.